The maximum atomic E-state index is 13.5. The lowest BCUT2D eigenvalue weighted by Gasteiger charge is -2.41. The molecule has 5 nitrogen and oxygen atoms in total. The minimum absolute atomic E-state index is 0.0311. The van der Waals surface area contributed by atoms with Crippen molar-refractivity contribution in [1.29, 1.82) is 0 Å². The number of amides is 2. The van der Waals surface area contributed by atoms with Crippen LogP contribution < -0.4 is 5.32 Å². The zero-order chi connectivity index (χ0) is 21.2. The normalized spacial score (nSPS) is 26.5. The Hall–Kier alpha value is -1.40. The Morgan fingerprint density at radius 1 is 1.07 bits per heavy atom. The van der Waals surface area contributed by atoms with E-state index in [-0.39, 0.29) is 11.8 Å². The van der Waals surface area contributed by atoms with Crippen LogP contribution in [0, 0.1) is 5.41 Å². The van der Waals surface area contributed by atoms with E-state index >= 15 is 0 Å². The highest BCUT2D eigenvalue weighted by molar-refractivity contribution is 7.14. The van der Waals surface area contributed by atoms with Crippen LogP contribution in [0.1, 0.15) is 91.2 Å². The van der Waals surface area contributed by atoms with Crippen molar-refractivity contribution < 1.29 is 14.7 Å². The van der Waals surface area contributed by atoms with E-state index in [0.29, 0.717) is 19.6 Å². The summed E-state index contributed by atoms with van der Waals surface area (Å²) in [5.74, 6) is 0.0928. The van der Waals surface area contributed by atoms with Crippen LogP contribution in [0.4, 0.5) is 0 Å². The molecule has 166 valence electrons. The van der Waals surface area contributed by atoms with Gasteiger partial charge in [0.25, 0.3) is 5.91 Å². The van der Waals surface area contributed by atoms with E-state index in [4.69, 9.17) is 0 Å². The van der Waals surface area contributed by atoms with Gasteiger partial charge in [-0.25, -0.2) is 0 Å². The van der Waals surface area contributed by atoms with Gasteiger partial charge in [-0.1, -0.05) is 25.7 Å². The number of fused-ring (bicyclic) bond motifs is 1. The Morgan fingerprint density at radius 3 is 2.53 bits per heavy atom. The summed E-state index contributed by atoms with van der Waals surface area (Å²) in [7, 11) is 0. The molecule has 1 aromatic heterocycles. The average molecular weight is 433 g/mol. The molecule has 2 N–H and O–H groups in total. The number of piperidine rings is 1. The summed E-state index contributed by atoms with van der Waals surface area (Å²) in [5.41, 5.74) is 0.0475. The Kier molecular flexibility index (Phi) is 6.54. The molecule has 1 saturated heterocycles. The van der Waals surface area contributed by atoms with Gasteiger partial charge in [0.15, 0.2) is 0 Å². The highest BCUT2D eigenvalue weighted by Gasteiger charge is 2.45. The number of aryl methyl sites for hydroxylation is 2. The van der Waals surface area contributed by atoms with Crippen LogP contribution in [0.5, 0.6) is 0 Å². The first-order chi connectivity index (χ1) is 14.4. The molecular formula is C24H36N2O3S. The number of aliphatic hydroxyl groups is 1. The Labute approximate surface area is 184 Å². The molecule has 2 fully saturated rings. The number of hydrogen-bond donors (Lipinski definition) is 2. The van der Waals surface area contributed by atoms with E-state index in [9.17, 15) is 14.7 Å². The number of likely N-dealkylation sites (tertiary alicyclic amines) is 1. The monoisotopic (exact) mass is 432 g/mol. The second kappa shape index (κ2) is 8.99. The lowest BCUT2D eigenvalue weighted by molar-refractivity contribution is -0.148. The maximum absolute atomic E-state index is 13.5. The third kappa shape index (κ3) is 4.75. The molecule has 30 heavy (non-hydrogen) atoms. The van der Waals surface area contributed by atoms with Gasteiger partial charge in [0.05, 0.1) is 15.9 Å². The smallest absolute Gasteiger partial charge is 0.261 e. The molecule has 1 aromatic rings. The fraction of sp³-hybridized carbons (Fsp3) is 0.750. The molecule has 1 unspecified atom stereocenters. The van der Waals surface area contributed by atoms with Gasteiger partial charge < -0.3 is 15.3 Å². The van der Waals surface area contributed by atoms with Crippen LogP contribution in [0.3, 0.4) is 0 Å². The van der Waals surface area contributed by atoms with Crippen molar-refractivity contribution >= 4 is 23.2 Å². The van der Waals surface area contributed by atoms with E-state index in [0.717, 1.165) is 56.2 Å². The van der Waals surface area contributed by atoms with Gasteiger partial charge in [0.2, 0.25) is 5.91 Å². The molecule has 0 aromatic carbocycles. The van der Waals surface area contributed by atoms with Gasteiger partial charge in [-0.15, -0.1) is 11.3 Å². The van der Waals surface area contributed by atoms with E-state index in [2.05, 4.69) is 11.4 Å². The predicted octanol–water partition coefficient (Wildman–Crippen LogP) is 4.07. The standard InChI is InChI=1S/C24H36N2O3S/c1-23(29)11-8-14-26(17-23)22(28)24(12-6-7-13-24)16-25-21(27)20-15-18-9-4-2-3-5-10-19(18)30-20/h15,29H,2-14,16-17H2,1H3,(H,25,27). The highest BCUT2D eigenvalue weighted by atomic mass is 32.1. The number of β-amino-alcohol motifs (C(OH)–C–C–N with tert-alkyl or cyclic N) is 1. The first-order valence-corrected chi connectivity index (χ1v) is 12.6. The van der Waals surface area contributed by atoms with Gasteiger partial charge in [-0.3, -0.25) is 9.59 Å². The Morgan fingerprint density at radius 2 is 1.80 bits per heavy atom. The molecule has 6 heteroatoms. The van der Waals surface area contributed by atoms with Crippen molar-refractivity contribution in [2.24, 2.45) is 5.41 Å². The molecule has 3 aliphatic rings. The van der Waals surface area contributed by atoms with E-state index < -0.39 is 11.0 Å². The number of carbonyl (C=O) groups is 2. The van der Waals surface area contributed by atoms with Crippen molar-refractivity contribution in [2.45, 2.75) is 89.6 Å². The van der Waals surface area contributed by atoms with Gasteiger partial charge in [0.1, 0.15) is 0 Å². The first kappa shape index (κ1) is 21.8. The summed E-state index contributed by atoms with van der Waals surface area (Å²) in [6.07, 6.45) is 12.4. The second-order valence-electron chi connectivity index (χ2n) is 9.97. The number of hydrogen-bond acceptors (Lipinski definition) is 4. The molecule has 4 rings (SSSR count). The van der Waals surface area contributed by atoms with E-state index in [1.807, 2.05) is 11.8 Å². The number of nitrogens with one attached hydrogen (secondary N) is 1. The van der Waals surface area contributed by atoms with Gasteiger partial charge in [-0.05, 0) is 69.9 Å². The van der Waals surface area contributed by atoms with Crippen molar-refractivity contribution in [2.75, 3.05) is 19.6 Å². The van der Waals surface area contributed by atoms with Crippen LogP contribution in [0.2, 0.25) is 0 Å². The molecule has 0 spiro atoms. The number of nitrogens with zero attached hydrogens (tertiary/aromatic N) is 1. The van der Waals surface area contributed by atoms with Crippen molar-refractivity contribution in [3.05, 3.63) is 21.4 Å². The van der Waals surface area contributed by atoms with Crippen LogP contribution >= 0.6 is 11.3 Å². The largest absolute Gasteiger partial charge is 0.388 e. The third-order valence-corrected chi connectivity index (χ3v) is 8.52. The predicted molar refractivity (Wildman–Crippen MR) is 120 cm³/mol. The van der Waals surface area contributed by atoms with Gasteiger partial charge in [-0.2, -0.15) is 0 Å². The summed E-state index contributed by atoms with van der Waals surface area (Å²) in [6, 6.07) is 2.09. The first-order valence-electron chi connectivity index (χ1n) is 11.8. The number of carbonyl (C=O) groups excluding carboxylic acids is 2. The molecule has 1 aliphatic heterocycles. The molecule has 2 heterocycles. The quantitative estimate of drug-likeness (QED) is 0.753. The fourth-order valence-electron chi connectivity index (χ4n) is 5.54. The van der Waals surface area contributed by atoms with Crippen LogP contribution in [-0.2, 0) is 17.6 Å². The minimum Gasteiger partial charge on any atom is -0.388 e. The number of rotatable bonds is 4. The van der Waals surface area contributed by atoms with Crippen molar-refractivity contribution in [1.82, 2.24) is 10.2 Å². The summed E-state index contributed by atoms with van der Waals surface area (Å²) in [6.45, 7) is 3.34. The third-order valence-electron chi connectivity index (χ3n) is 7.28. The summed E-state index contributed by atoms with van der Waals surface area (Å²) in [5, 5.41) is 13.6. The van der Waals surface area contributed by atoms with Crippen LogP contribution in [0.25, 0.3) is 0 Å². The van der Waals surface area contributed by atoms with Gasteiger partial charge >= 0.3 is 0 Å². The van der Waals surface area contributed by atoms with Crippen molar-refractivity contribution in [3.8, 4) is 0 Å². The summed E-state index contributed by atoms with van der Waals surface area (Å²) < 4.78 is 0. The Balaban J connectivity index is 1.43. The minimum atomic E-state index is -0.801. The molecule has 1 atom stereocenters. The molecular weight excluding hydrogens is 396 g/mol. The second-order valence-corrected chi connectivity index (χ2v) is 11.1. The summed E-state index contributed by atoms with van der Waals surface area (Å²) in [4.78, 5) is 30.4. The Bertz CT molecular complexity index is 754. The number of thiophene rings is 1. The highest BCUT2D eigenvalue weighted by Crippen LogP contribution is 2.40. The zero-order valence-electron chi connectivity index (χ0n) is 18.3. The summed E-state index contributed by atoms with van der Waals surface area (Å²) >= 11 is 1.64. The van der Waals surface area contributed by atoms with Crippen molar-refractivity contribution in [3.63, 3.8) is 0 Å². The lowest BCUT2D eigenvalue weighted by Crippen LogP contribution is -2.55. The maximum Gasteiger partial charge on any atom is 0.261 e. The fourth-order valence-corrected chi connectivity index (χ4v) is 6.71. The topological polar surface area (TPSA) is 69.6 Å². The van der Waals surface area contributed by atoms with Gasteiger partial charge in [0, 0.05) is 24.5 Å². The van der Waals surface area contributed by atoms with E-state index in [1.54, 1.807) is 11.3 Å². The SMILES string of the molecule is CC1(O)CCCN(C(=O)C2(CNC(=O)c3cc4c(s3)CCCCCC4)CCCC2)C1. The molecule has 1 saturated carbocycles. The average Bonchev–Trinajstić information content (AvgIpc) is 3.33. The van der Waals surface area contributed by atoms with Crippen LogP contribution in [0.15, 0.2) is 6.07 Å². The van der Waals surface area contributed by atoms with E-state index in [1.165, 1.54) is 36.1 Å². The van der Waals surface area contributed by atoms with Crippen LogP contribution in [-0.4, -0.2) is 47.1 Å². The molecule has 2 aliphatic carbocycles. The molecule has 0 bridgehead atoms. The molecule has 2 amide bonds. The molecule has 0 radical (unpaired) electrons. The zero-order valence-corrected chi connectivity index (χ0v) is 19.1. The lowest BCUT2D eigenvalue weighted by atomic mass is 9.82.